The zero-order valence-electron chi connectivity index (χ0n) is 23.3. The van der Waals surface area contributed by atoms with Gasteiger partial charge in [-0.2, -0.15) is 0 Å². The average Bonchev–Trinajstić information content (AvgIpc) is 3.61. The van der Waals surface area contributed by atoms with Crippen LogP contribution >= 0.6 is 0 Å². The summed E-state index contributed by atoms with van der Waals surface area (Å²) in [5, 5.41) is 5.03. The Hall–Kier alpha value is -5.02. The predicted molar refractivity (Wildman–Crippen MR) is 148 cm³/mol. The summed E-state index contributed by atoms with van der Waals surface area (Å²) in [6, 6.07) is 3.79. The fourth-order valence-corrected chi connectivity index (χ4v) is 4.77. The van der Waals surface area contributed by atoms with E-state index in [0.29, 0.717) is 12.2 Å². The van der Waals surface area contributed by atoms with Crippen molar-refractivity contribution in [1.82, 2.24) is 29.9 Å². The van der Waals surface area contributed by atoms with Crippen molar-refractivity contribution in [2.75, 3.05) is 62.2 Å². The molecular formula is C27H30F2N8O6. The molecule has 2 fully saturated rings. The Kier molecular flexibility index (Phi) is 8.82. The number of amides is 4. The van der Waals surface area contributed by atoms with Gasteiger partial charge in [0.05, 0.1) is 31.9 Å². The number of hydrogen-bond acceptors (Lipinski definition) is 9. The summed E-state index contributed by atoms with van der Waals surface area (Å²) >= 11 is 0. The molecule has 16 heteroatoms. The minimum atomic E-state index is -0.874. The number of fused-ring (bicyclic) bond motifs is 1. The predicted octanol–water partition coefficient (Wildman–Crippen LogP) is 1.55. The van der Waals surface area contributed by atoms with Crippen LogP contribution in [0.1, 0.15) is 23.8 Å². The summed E-state index contributed by atoms with van der Waals surface area (Å²) < 4.78 is 42.0. The third-order valence-electron chi connectivity index (χ3n) is 6.92. The van der Waals surface area contributed by atoms with Gasteiger partial charge in [0, 0.05) is 56.9 Å². The summed E-state index contributed by atoms with van der Waals surface area (Å²) in [4.78, 5) is 61.4. The van der Waals surface area contributed by atoms with Crippen LogP contribution in [0.25, 0.3) is 5.78 Å². The summed E-state index contributed by atoms with van der Waals surface area (Å²) in [5.41, 5.74) is -0.174. The number of carbonyl (C=O) groups excluding carboxylic acids is 4. The Balaban J connectivity index is 1.12. The van der Waals surface area contributed by atoms with E-state index in [1.54, 1.807) is 22.9 Å². The molecule has 2 saturated heterocycles. The van der Waals surface area contributed by atoms with E-state index in [1.807, 2.05) is 6.92 Å². The van der Waals surface area contributed by atoms with Crippen molar-refractivity contribution >= 4 is 41.2 Å². The molecule has 1 atom stereocenters. The lowest BCUT2D eigenvalue weighted by Crippen LogP contribution is -2.51. The number of hydrogen-bond donors (Lipinski definition) is 2. The van der Waals surface area contributed by atoms with Crippen LogP contribution in [0.15, 0.2) is 36.8 Å². The van der Waals surface area contributed by atoms with Gasteiger partial charge in [0.1, 0.15) is 17.5 Å². The second-order valence-electron chi connectivity index (χ2n) is 9.89. The Morgan fingerprint density at radius 1 is 1.12 bits per heavy atom. The normalized spacial score (nSPS) is 16.8. The molecular weight excluding hydrogens is 570 g/mol. The van der Waals surface area contributed by atoms with Crippen LogP contribution in [-0.4, -0.2) is 102 Å². The number of aromatic nitrogens is 3. The minimum Gasteiger partial charge on any atom is -0.450 e. The van der Waals surface area contributed by atoms with E-state index in [4.69, 9.17) is 9.47 Å². The van der Waals surface area contributed by atoms with Crippen LogP contribution in [0.3, 0.4) is 0 Å². The monoisotopic (exact) mass is 600 g/mol. The molecule has 0 aliphatic carbocycles. The molecule has 43 heavy (non-hydrogen) atoms. The number of halogens is 2. The second-order valence-corrected chi connectivity index (χ2v) is 9.89. The van der Waals surface area contributed by atoms with Crippen LogP contribution < -0.4 is 20.4 Å². The Morgan fingerprint density at radius 2 is 1.86 bits per heavy atom. The van der Waals surface area contributed by atoms with Crippen molar-refractivity contribution in [2.45, 2.75) is 19.4 Å². The highest BCUT2D eigenvalue weighted by molar-refractivity contribution is 5.95. The second kappa shape index (κ2) is 12.9. The quantitative estimate of drug-likeness (QED) is 0.373. The van der Waals surface area contributed by atoms with Gasteiger partial charge >= 0.3 is 12.2 Å². The maximum atomic E-state index is 15.2. The molecule has 2 aromatic heterocycles. The molecule has 1 unspecified atom stereocenters. The SMILES string of the molecule is CCCOC(=O)NCC1CN(c2cc(F)c(N3CCN(C(=O)CNC(=O)c4cn5cccnc5n4)CC3)c(F)c2)C(=O)O1. The highest BCUT2D eigenvalue weighted by Gasteiger charge is 2.34. The summed E-state index contributed by atoms with van der Waals surface area (Å²) in [7, 11) is 0. The molecule has 228 valence electrons. The number of benzene rings is 1. The van der Waals surface area contributed by atoms with Crippen molar-refractivity contribution < 1.29 is 37.4 Å². The number of nitrogens with one attached hydrogen (secondary N) is 2. The van der Waals surface area contributed by atoms with E-state index in [2.05, 4.69) is 20.6 Å². The van der Waals surface area contributed by atoms with Gasteiger partial charge in [-0.3, -0.25) is 18.9 Å². The van der Waals surface area contributed by atoms with Gasteiger partial charge < -0.3 is 29.9 Å². The first-order chi connectivity index (χ1) is 20.7. The van der Waals surface area contributed by atoms with Crippen molar-refractivity contribution in [2.24, 2.45) is 0 Å². The molecule has 4 amide bonds. The van der Waals surface area contributed by atoms with E-state index in [0.717, 1.165) is 17.0 Å². The zero-order valence-corrected chi connectivity index (χ0v) is 23.3. The van der Waals surface area contributed by atoms with Gasteiger partial charge in [0.15, 0.2) is 11.6 Å². The molecule has 5 rings (SSSR count). The lowest BCUT2D eigenvalue weighted by Gasteiger charge is -2.36. The molecule has 0 radical (unpaired) electrons. The van der Waals surface area contributed by atoms with Crippen LogP contribution in [0.5, 0.6) is 0 Å². The van der Waals surface area contributed by atoms with Gasteiger partial charge in [-0.15, -0.1) is 0 Å². The minimum absolute atomic E-state index is 0.0154. The molecule has 1 aromatic carbocycles. The van der Waals surface area contributed by atoms with E-state index in [9.17, 15) is 19.2 Å². The molecule has 0 spiro atoms. The van der Waals surface area contributed by atoms with E-state index >= 15 is 8.78 Å². The lowest BCUT2D eigenvalue weighted by molar-refractivity contribution is -0.130. The Bertz CT molecular complexity index is 1470. The molecule has 3 aromatic rings. The van der Waals surface area contributed by atoms with Crippen molar-refractivity contribution in [3.05, 3.63) is 54.1 Å². The maximum absolute atomic E-state index is 15.2. The van der Waals surface area contributed by atoms with Crippen LogP contribution in [0.4, 0.5) is 29.7 Å². The highest BCUT2D eigenvalue weighted by Crippen LogP contribution is 2.31. The van der Waals surface area contributed by atoms with E-state index in [1.165, 1.54) is 16.0 Å². The van der Waals surface area contributed by atoms with Gasteiger partial charge in [-0.25, -0.2) is 28.3 Å². The molecule has 2 aliphatic heterocycles. The van der Waals surface area contributed by atoms with Crippen LogP contribution in [0, 0.1) is 11.6 Å². The topological polar surface area (TPSA) is 151 Å². The van der Waals surface area contributed by atoms with E-state index < -0.39 is 35.8 Å². The lowest BCUT2D eigenvalue weighted by atomic mass is 10.2. The third-order valence-corrected chi connectivity index (χ3v) is 6.92. The fraction of sp³-hybridized carbons (Fsp3) is 0.407. The summed E-state index contributed by atoms with van der Waals surface area (Å²) in [6.45, 7) is 2.47. The van der Waals surface area contributed by atoms with Crippen molar-refractivity contribution in [3.8, 4) is 0 Å². The van der Waals surface area contributed by atoms with Crippen LogP contribution in [0.2, 0.25) is 0 Å². The standard InChI is InChI=1S/C27H30F2N8O6/c1-2-10-42-26(40)32-13-18-15-37(27(41)43-18)17-11-19(28)23(20(29)12-17)35-8-6-34(7-9-35)22(38)14-31-24(39)21-16-36-5-3-4-30-25(36)33-21/h3-5,11-12,16,18H,2,6-10,13-15H2,1H3,(H,31,39)(H,32,40). The smallest absolute Gasteiger partial charge is 0.414 e. The number of cyclic esters (lactones) is 1. The zero-order chi connectivity index (χ0) is 30.5. The van der Waals surface area contributed by atoms with E-state index in [-0.39, 0.29) is 75.4 Å². The first kappa shape index (κ1) is 29.5. The maximum Gasteiger partial charge on any atom is 0.414 e. The molecule has 2 aliphatic rings. The van der Waals surface area contributed by atoms with Gasteiger partial charge in [-0.1, -0.05) is 6.92 Å². The number of anilines is 2. The van der Waals surface area contributed by atoms with Crippen molar-refractivity contribution in [1.29, 1.82) is 0 Å². The van der Waals surface area contributed by atoms with Crippen LogP contribution in [-0.2, 0) is 14.3 Å². The number of carbonyl (C=O) groups is 4. The third kappa shape index (κ3) is 6.73. The summed E-state index contributed by atoms with van der Waals surface area (Å²) in [6.07, 6.45) is 3.24. The highest BCUT2D eigenvalue weighted by atomic mass is 19.1. The molecule has 4 heterocycles. The Morgan fingerprint density at radius 3 is 2.56 bits per heavy atom. The number of rotatable bonds is 9. The number of ether oxygens (including phenoxy) is 2. The number of nitrogens with zero attached hydrogens (tertiary/aromatic N) is 6. The van der Waals surface area contributed by atoms with Gasteiger partial charge in [0.2, 0.25) is 11.7 Å². The Labute approximate surface area is 244 Å². The van der Waals surface area contributed by atoms with Crippen molar-refractivity contribution in [3.63, 3.8) is 0 Å². The number of alkyl carbamates (subject to hydrolysis) is 1. The molecule has 14 nitrogen and oxygen atoms in total. The molecule has 2 N–H and O–H groups in total. The van der Waals surface area contributed by atoms with Gasteiger partial charge in [-0.05, 0) is 12.5 Å². The first-order valence-corrected chi connectivity index (χ1v) is 13.7. The first-order valence-electron chi connectivity index (χ1n) is 13.7. The number of imidazole rings is 1. The average molecular weight is 601 g/mol. The van der Waals surface area contributed by atoms with Gasteiger partial charge in [0.25, 0.3) is 5.91 Å². The molecule has 0 saturated carbocycles. The molecule has 0 bridgehead atoms. The fourth-order valence-electron chi connectivity index (χ4n) is 4.77. The summed E-state index contributed by atoms with van der Waals surface area (Å²) in [5.74, 6) is -2.27. The largest absolute Gasteiger partial charge is 0.450 e. The number of piperazine rings is 1.